The molecule has 0 aromatic heterocycles. The third kappa shape index (κ3) is 4.49. The molecule has 0 aliphatic carbocycles. The highest BCUT2D eigenvalue weighted by atomic mass is 15.7. The van der Waals surface area contributed by atoms with Crippen LogP contribution in [0.3, 0.4) is 0 Å². The highest BCUT2D eigenvalue weighted by Crippen LogP contribution is 2.18. The number of rotatable bonds is 3. The van der Waals surface area contributed by atoms with Crippen LogP contribution in [0.5, 0.6) is 0 Å². The lowest BCUT2D eigenvalue weighted by atomic mass is 9.94. The molecular formula is C12H27N3. The van der Waals surface area contributed by atoms with Gasteiger partial charge >= 0.3 is 0 Å². The molecule has 3 heteroatoms. The zero-order valence-corrected chi connectivity index (χ0v) is 10.6. The van der Waals surface area contributed by atoms with Gasteiger partial charge in [0.15, 0.2) is 0 Å². The molecule has 1 rings (SSSR count). The summed E-state index contributed by atoms with van der Waals surface area (Å²) >= 11 is 0. The summed E-state index contributed by atoms with van der Waals surface area (Å²) in [6.07, 6.45) is 6.55. The second-order valence-corrected chi connectivity index (χ2v) is 4.58. The van der Waals surface area contributed by atoms with E-state index in [2.05, 4.69) is 36.7 Å². The maximum Gasteiger partial charge on any atom is 0.0223 e. The average molecular weight is 213 g/mol. The normalized spacial score (nSPS) is 30.6. The van der Waals surface area contributed by atoms with Crippen LogP contribution in [-0.4, -0.2) is 24.1 Å². The largest absolute Gasteiger partial charge is 0.241 e. The zero-order valence-electron chi connectivity index (χ0n) is 10.6. The van der Waals surface area contributed by atoms with E-state index in [1.165, 1.54) is 38.6 Å². The average Bonchev–Trinajstić information content (AvgIpc) is 2.38. The van der Waals surface area contributed by atoms with Gasteiger partial charge in [0, 0.05) is 19.1 Å². The first-order chi connectivity index (χ1) is 7.30. The molecule has 15 heavy (non-hydrogen) atoms. The Hall–Kier alpha value is -0.120. The smallest absolute Gasteiger partial charge is 0.0223 e. The van der Waals surface area contributed by atoms with E-state index in [9.17, 15) is 0 Å². The summed E-state index contributed by atoms with van der Waals surface area (Å²) in [7, 11) is 0. The van der Waals surface area contributed by atoms with E-state index in [0.717, 1.165) is 12.5 Å². The fourth-order valence-corrected chi connectivity index (χ4v) is 2.18. The van der Waals surface area contributed by atoms with E-state index in [-0.39, 0.29) is 0 Å². The maximum atomic E-state index is 3.43. The summed E-state index contributed by atoms with van der Waals surface area (Å²) in [6.45, 7) is 9.02. The molecule has 0 saturated carbocycles. The minimum Gasteiger partial charge on any atom is -0.241 e. The van der Waals surface area contributed by atoms with Crippen molar-refractivity contribution in [2.75, 3.05) is 13.1 Å². The third-order valence-corrected chi connectivity index (χ3v) is 3.61. The van der Waals surface area contributed by atoms with E-state index in [1.54, 1.807) is 0 Å². The molecular weight excluding hydrogens is 186 g/mol. The van der Waals surface area contributed by atoms with Crippen LogP contribution in [0, 0.1) is 5.92 Å². The summed E-state index contributed by atoms with van der Waals surface area (Å²) in [4.78, 5) is 0. The van der Waals surface area contributed by atoms with E-state index in [4.69, 9.17) is 0 Å². The zero-order chi connectivity index (χ0) is 11.1. The van der Waals surface area contributed by atoms with Crippen molar-refractivity contribution in [3.05, 3.63) is 0 Å². The quantitative estimate of drug-likeness (QED) is 0.753. The molecule has 1 aliphatic rings. The summed E-state index contributed by atoms with van der Waals surface area (Å²) in [5, 5.41) is 2.29. The number of nitrogens with zero attached hydrogens (tertiary/aromatic N) is 1. The Kier molecular flexibility index (Phi) is 6.22. The van der Waals surface area contributed by atoms with Crippen LogP contribution in [0.4, 0.5) is 0 Å². The van der Waals surface area contributed by atoms with Crippen LogP contribution in [0.1, 0.15) is 52.9 Å². The Bertz CT molecular complexity index is 120. The van der Waals surface area contributed by atoms with Crippen molar-refractivity contribution in [2.24, 2.45) is 5.92 Å². The van der Waals surface area contributed by atoms with Gasteiger partial charge in [-0.25, -0.2) is 10.4 Å². The standard InChI is InChI=1S/C12H27N3/c1-4-11-7-8-12(5-2)13-14-15(6-3)10-9-11/h11-14H,4-10H2,1-3H3. The maximum absolute atomic E-state index is 3.43. The van der Waals surface area contributed by atoms with Gasteiger partial charge in [0.05, 0.1) is 0 Å². The first kappa shape index (κ1) is 12.9. The third-order valence-electron chi connectivity index (χ3n) is 3.61. The molecule has 2 unspecified atom stereocenters. The van der Waals surface area contributed by atoms with Crippen molar-refractivity contribution < 1.29 is 0 Å². The fraction of sp³-hybridized carbons (Fsp3) is 1.00. The summed E-state index contributed by atoms with van der Waals surface area (Å²) in [5.41, 5.74) is 6.77. The predicted octanol–water partition coefficient (Wildman–Crippen LogP) is 2.31. The molecule has 1 saturated heterocycles. The van der Waals surface area contributed by atoms with Crippen LogP contribution in [0.2, 0.25) is 0 Å². The van der Waals surface area contributed by atoms with Gasteiger partial charge in [0.1, 0.15) is 0 Å². The molecule has 1 fully saturated rings. The van der Waals surface area contributed by atoms with Crippen molar-refractivity contribution in [1.82, 2.24) is 16.0 Å². The molecule has 3 nitrogen and oxygen atoms in total. The van der Waals surface area contributed by atoms with Crippen molar-refractivity contribution in [1.29, 1.82) is 0 Å². The van der Waals surface area contributed by atoms with Crippen molar-refractivity contribution >= 4 is 0 Å². The molecule has 90 valence electrons. The Morgan fingerprint density at radius 2 is 1.87 bits per heavy atom. The highest BCUT2D eigenvalue weighted by Gasteiger charge is 2.15. The number of hydrazine groups is 2. The molecule has 0 amide bonds. The van der Waals surface area contributed by atoms with Gasteiger partial charge in [-0.3, -0.25) is 0 Å². The molecule has 0 aromatic rings. The van der Waals surface area contributed by atoms with Gasteiger partial charge in [0.25, 0.3) is 0 Å². The molecule has 0 radical (unpaired) electrons. The van der Waals surface area contributed by atoms with Gasteiger partial charge in [-0.1, -0.05) is 27.2 Å². The second kappa shape index (κ2) is 7.20. The van der Waals surface area contributed by atoms with Gasteiger partial charge in [-0.2, -0.15) is 5.53 Å². The predicted molar refractivity (Wildman–Crippen MR) is 65.2 cm³/mol. The highest BCUT2D eigenvalue weighted by molar-refractivity contribution is 4.69. The number of hydrogen-bond donors (Lipinski definition) is 2. The topological polar surface area (TPSA) is 27.3 Å². The van der Waals surface area contributed by atoms with Crippen molar-refractivity contribution in [3.63, 3.8) is 0 Å². The lowest BCUT2D eigenvalue weighted by Gasteiger charge is -2.24. The lowest BCUT2D eigenvalue weighted by molar-refractivity contribution is 0.143. The molecule has 0 spiro atoms. The Morgan fingerprint density at radius 1 is 1.07 bits per heavy atom. The minimum absolute atomic E-state index is 0.631. The van der Waals surface area contributed by atoms with Crippen LogP contribution in [0.15, 0.2) is 0 Å². The Labute approximate surface area is 94.5 Å². The van der Waals surface area contributed by atoms with E-state index in [0.29, 0.717) is 6.04 Å². The SMILES string of the molecule is CCC1CCC(CC)NNN(CC)CC1. The summed E-state index contributed by atoms with van der Waals surface area (Å²) < 4.78 is 0. The summed E-state index contributed by atoms with van der Waals surface area (Å²) in [5.74, 6) is 0.912. The van der Waals surface area contributed by atoms with E-state index >= 15 is 0 Å². The van der Waals surface area contributed by atoms with Gasteiger partial charge < -0.3 is 0 Å². The minimum atomic E-state index is 0.631. The lowest BCUT2D eigenvalue weighted by Crippen LogP contribution is -2.50. The van der Waals surface area contributed by atoms with Gasteiger partial charge in [-0.05, 0) is 31.6 Å². The second-order valence-electron chi connectivity index (χ2n) is 4.58. The molecule has 0 bridgehead atoms. The molecule has 0 aromatic carbocycles. The van der Waals surface area contributed by atoms with E-state index < -0.39 is 0 Å². The molecule has 2 atom stereocenters. The Balaban J connectivity index is 2.47. The number of nitrogens with one attached hydrogen (secondary N) is 2. The number of hydrogen-bond acceptors (Lipinski definition) is 3. The molecule has 2 N–H and O–H groups in total. The van der Waals surface area contributed by atoms with Gasteiger partial charge in [-0.15, -0.1) is 0 Å². The van der Waals surface area contributed by atoms with Crippen LogP contribution >= 0.6 is 0 Å². The van der Waals surface area contributed by atoms with Crippen LogP contribution in [-0.2, 0) is 0 Å². The first-order valence-corrected chi connectivity index (χ1v) is 6.56. The first-order valence-electron chi connectivity index (χ1n) is 6.56. The fourth-order valence-electron chi connectivity index (χ4n) is 2.18. The van der Waals surface area contributed by atoms with E-state index in [1.807, 2.05) is 0 Å². The monoisotopic (exact) mass is 213 g/mol. The van der Waals surface area contributed by atoms with Crippen LogP contribution in [0.25, 0.3) is 0 Å². The molecule has 1 heterocycles. The van der Waals surface area contributed by atoms with Crippen molar-refractivity contribution in [2.45, 2.75) is 58.9 Å². The summed E-state index contributed by atoms with van der Waals surface area (Å²) in [6, 6.07) is 0.631. The van der Waals surface area contributed by atoms with Crippen LogP contribution < -0.4 is 11.0 Å². The van der Waals surface area contributed by atoms with Gasteiger partial charge in [0.2, 0.25) is 0 Å². The Morgan fingerprint density at radius 3 is 2.47 bits per heavy atom. The van der Waals surface area contributed by atoms with Crippen molar-refractivity contribution in [3.8, 4) is 0 Å². The molecule has 1 aliphatic heterocycles.